The lowest BCUT2D eigenvalue weighted by Gasteiger charge is -2.21. The summed E-state index contributed by atoms with van der Waals surface area (Å²) in [6.07, 6.45) is 0. The molecule has 0 aliphatic rings. The van der Waals surface area contributed by atoms with Crippen molar-refractivity contribution in [2.45, 2.75) is 26.0 Å². The van der Waals surface area contributed by atoms with Crippen LogP contribution in [0.3, 0.4) is 0 Å². The largest absolute Gasteiger partial charge is 0.493 e. The van der Waals surface area contributed by atoms with Crippen molar-refractivity contribution in [3.05, 3.63) is 22.7 Å². The fraction of sp³-hybridized carbons (Fsp3) is 0.600. The monoisotopic (exact) mass is 317 g/mol. The van der Waals surface area contributed by atoms with Crippen LogP contribution in [-0.4, -0.2) is 44.7 Å². The van der Waals surface area contributed by atoms with Gasteiger partial charge in [-0.1, -0.05) is 11.6 Å². The second-order valence-electron chi connectivity index (χ2n) is 5.37. The van der Waals surface area contributed by atoms with Crippen molar-refractivity contribution in [3.63, 3.8) is 0 Å². The lowest BCUT2D eigenvalue weighted by atomic mass is 10.1. The van der Waals surface area contributed by atoms with Gasteiger partial charge in [0.1, 0.15) is 6.61 Å². The summed E-state index contributed by atoms with van der Waals surface area (Å²) in [7, 11) is 3.21. The maximum Gasteiger partial charge on any atom is 0.165 e. The smallest absolute Gasteiger partial charge is 0.165 e. The Kier molecular flexibility index (Phi) is 7.25. The zero-order valence-corrected chi connectivity index (χ0v) is 13.8. The molecule has 0 spiro atoms. The minimum atomic E-state index is -0.925. The molecule has 1 rings (SSSR count). The molecular formula is C15H24ClNO4. The van der Waals surface area contributed by atoms with Crippen molar-refractivity contribution >= 4 is 11.6 Å². The summed E-state index contributed by atoms with van der Waals surface area (Å²) in [5, 5.41) is 13.6. The van der Waals surface area contributed by atoms with Crippen LogP contribution in [0.1, 0.15) is 19.4 Å². The van der Waals surface area contributed by atoms with E-state index in [0.29, 0.717) is 29.7 Å². The van der Waals surface area contributed by atoms with Crippen LogP contribution in [0.2, 0.25) is 5.02 Å². The molecule has 1 aromatic carbocycles. The summed E-state index contributed by atoms with van der Waals surface area (Å²) in [5.41, 5.74) is -0.0505. The molecule has 0 aromatic heterocycles. The third kappa shape index (κ3) is 6.52. The molecule has 0 fully saturated rings. The van der Waals surface area contributed by atoms with Crippen molar-refractivity contribution in [1.82, 2.24) is 5.32 Å². The van der Waals surface area contributed by atoms with Gasteiger partial charge in [-0.05, 0) is 19.9 Å². The quantitative estimate of drug-likeness (QED) is 0.684. The Morgan fingerprint density at radius 3 is 2.57 bits per heavy atom. The molecule has 0 amide bonds. The average Bonchev–Trinajstić information content (AvgIpc) is 2.40. The van der Waals surface area contributed by atoms with Gasteiger partial charge in [-0.25, -0.2) is 0 Å². The van der Waals surface area contributed by atoms with E-state index in [1.807, 2.05) is 6.07 Å². The summed E-state index contributed by atoms with van der Waals surface area (Å²) in [5.74, 6) is 1.14. The lowest BCUT2D eigenvalue weighted by molar-refractivity contribution is 0.0272. The van der Waals surface area contributed by atoms with Crippen LogP contribution in [-0.2, 0) is 11.3 Å². The van der Waals surface area contributed by atoms with Crippen molar-refractivity contribution in [1.29, 1.82) is 0 Å². The van der Waals surface area contributed by atoms with Crippen molar-refractivity contribution < 1.29 is 19.3 Å². The highest BCUT2D eigenvalue weighted by Gasteiger charge is 2.18. The predicted molar refractivity (Wildman–Crippen MR) is 83.4 cm³/mol. The average molecular weight is 318 g/mol. The molecule has 2 N–H and O–H groups in total. The summed E-state index contributed by atoms with van der Waals surface area (Å²) >= 11 is 6.09. The Morgan fingerprint density at radius 1 is 1.29 bits per heavy atom. The highest BCUT2D eigenvalue weighted by molar-refractivity contribution is 6.30. The minimum Gasteiger partial charge on any atom is -0.493 e. The molecule has 0 saturated carbocycles. The molecule has 0 atom stereocenters. The van der Waals surface area contributed by atoms with E-state index in [1.54, 1.807) is 34.1 Å². The van der Waals surface area contributed by atoms with Gasteiger partial charge in [0.25, 0.3) is 0 Å². The van der Waals surface area contributed by atoms with Gasteiger partial charge in [0.05, 0.1) is 19.3 Å². The maximum absolute atomic E-state index is 9.81. The SMILES string of the molecule is COCCNCc1cc(Cl)cc(OC)c1OCC(C)(C)O. The van der Waals surface area contributed by atoms with Crippen molar-refractivity contribution in [3.8, 4) is 11.5 Å². The fourth-order valence-corrected chi connectivity index (χ4v) is 1.95. The molecule has 21 heavy (non-hydrogen) atoms. The highest BCUT2D eigenvalue weighted by Crippen LogP contribution is 2.35. The number of hydrogen-bond acceptors (Lipinski definition) is 5. The first-order valence-corrected chi connectivity index (χ1v) is 7.16. The van der Waals surface area contributed by atoms with Crippen LogP contribution >= 0.6 is 11.6 Å². The van der Waals surface area contributed by atoms with Gasteiger partial charge in [-0.15, -0.1) is 0 Å². The summed E-state index contributed by atoms with van der Waals surface area (Å²) < 4.78 is 16.0. The zero-order chi connectivity index (χ0) is 15.9. The van der Waals surface area contributed by atoms with Crippen molar-refractivity contribution in [2.75, 3.05) is 34.0 Å². The first-order chi connectivity index (χ1) is 9.87. The molecular weight excluding hydrogens is 294 g/mol. The number of halogens is 1. The van der Waals surface area contributed by atoms with Crippen molar-refractivity contribution in [2.24, 2.45) is 0 Å². The van der Waals surface area contributed by atoms with E-state index in [-0.39, 0.29) is 6.61 Å². The van der Waals surface area contributed by atoms with Gasteiger partial charge in [-0.3, -0.25) is 0 Å². The molecule has 0 saturated heterocycles. The number of hydrogen-bond donors (Lipinski definition) is 2. The standard InChI is InChI=1S/C15H24ClNO4/c1-15(2,18)10-21-14-11(9-17-5-6-19-3)7-12(16)8-13(14)20-4/h7-8,17-18H,5-6,9-10H2,1-4H3. The van der Waals surface area contributed by atoms with Crippen LogP contribution in [0.4, 0.5) is 0 Å². The molecule has 0 unspecified atom stereocenters. The van der Waals surface area contributed by atoms with Gasteiger partial charge in [-0.2, -0.15) is 0 Å². The number of nitrogens with one attached hydrogen (secondary N) is 1. The topological polar surface area (TPSA) is 60.0 Å². The van der Waals surface area contributed by atoms with Crippen LogP contribution < -0.4 is 14.8 Å². The highest BCUT2D eigenvalue weighted by atomic mass is 35.5. The molecule has 0 heterocycles. The third-order valence-corrected chi connectivity index (χ3v) is 2.90. The second-order valence-corrected chi connectivity index (χ2v) is 5.80. The maximum atomic E-state index is 9.81. The Bertz CT molecular complexity index is 446. The predicted octanol–water partition coefficient (Wildman–Crippen LogP) is 2.23. The van der Waals surface area contributed by atoms with E-state index < -0.39 is 5.60 Å². The van der Waals surface area contributed by atoms with E-state index in [2.05, 4.69) is 5.32 Å². The number of methoxy groups -OCH3 is 2. The first-order valence-electron chi connectivity index (χ1n) is 6.78. The van der Waals surface area contributed by atoms with E-state index in [1.165, 1.54) is 0 Å². The summed E-state index contributed by atoms with van der Waals surface area (Å²) in [4.78, 5) is 0. The molecule has 5 nitrogen and oxygen atoms in total. The van der Waals surface area contributed by atoms with Gasteiger partial charge in [0.15, 0.2) is 11.5 Å². The van der Waals surface area contributed by atoms with Gasteiger partial charge in [0, 0.05) is 36.9 Å². The minimum absolute atomic E-state index is 0.163. The summed E-state index contributed by atoms with van der Waals surface area (Å²) in [6.45, 7) is 5.45. The molecule has 0 radical (unpaired) electrons. The van der Waals surface area contributed by atoms with Gasteiger partial charge in [0.2, 0.25) is 0 Å². The van der Waals surface area contributed by atoms with E-state index in [9.17, 15) is 5.11 Å². The third-order valence-electron chi connectivity index (χ3n) is 2.68. The Morgan fingerprint density at radius 2 is 2.00 bits per heavy atom. The first kappa shape index (κ1) is 18.0. The lowest BCUT2D eigenvalue weighted by Crippen LogP contribution is -2.28. The number of aliphatic hydroxyl groups is 1. The van der Waals surface area contributed by atoms with Gasteiger partial charge >= 0.3 is 0 Å². The van der Waals surface area contributed by atoms with Crippen LogP contribution in [0.25, 0.3) is 0 Å². The van der Waals surface area contributed by atoms with E-state index >= 15 is 0 Å². The Hall–Kier alpha value is -1.01. The Balaban J connectivity index is 2.89. The Labute approximate surface area is 131 Å². The van der Waals surface area contributed by atoms with Crippen LogP contribution in [0, 0.1) is 0 Å². The molecule has 6 heteroatoms. The van der Waals surface area contributed by atoms with E-state index in [4.69, 9.17) is 25.8 Å². The van der Waals surface area contributed by atoms with E-state index in [0.717, 1.165) is 12.1 Å². The molecule has 120 valence electrons. The fourth-order valence-electron chi connectivity index (χ4n) is 1.72. The van der Waals surface area contributed by atoms with Crippen LogP contribution in [0.5, 0.6) is 11.5 Å². The number of benzene rings is 1. The van der Waals surface area contributed by atoms with Crippen LogP contribution in [0.15, 0.2) is 12.1 Å². The molecule has 0 bridgehead atoms. The van der Waals surface area contributed by atoms with Gasteiger partial charge < -0.3 is 24.6 Å². The molecule has 1 aromatic rings. The normalized spacial score (nSPS) is 11.5. The number of rotatable bonds is 9. The molecule has 0 aliphatic carbocycles. The second kappa shape index (κ2) is 8.44. The number of ether oxygens (including phenoxy) is 3. The molecule has 0 aliphatic heterocycles. The summed E-state index contributed by atoms with van der Waals surface area (Å²) in [6, 6.07) is 3.52. The zero-order valence-electron chi connectivity index (χ0n) is 13.0.